The number of rotatable bonds is 6. The first-order valence-corrected chi connectivity index (χ1v) is 9.56. The van der Waals surface area contributed by atoms with E-state index in [0.29, 0.717) is 18.0 Å². The van der Waals surface area contributed by atoms with Gasteiger partial charge in [0, 0.05) is 41.1 Å². The Bertz CT molecular complexity index is 1030. The van der Waals surface area contributed by atoms with E-state index in [9.17, 15) is 8.78 Å². The van der Waals surface area contributed by atoms with E-state index in [4.69, 9.17) is 16.6 Å². The normalized spacial score (nSPS) is 10.9. The number of hydrogen-bond donors (Lipinski definition) is 1. The first-order valence-electron chi connectivity index (χ1n) is 9.18. The monoisotopic (exact) mass is 409 g/mol. The third-order valence-electron chi connectivity index (χ3n) is 4.52. The highest BCUT2D eigenvalue weighted by molar-refractivity contribution is 6.30. The van der Waals surface area contributed by atoms with Crippen LogP contribution in [0.15, 0.2) is 79.0 Å². The van der Waals surface area contributed by atoms with Crippen molar-refractivity contribution >= 4 is 17.3 Å². The lowest BCUT2D eigenvalue weighted by Gasteiger charge is -2.08. The summed E-state index contributed by atoms with van der Waals surface area (Å²) in [6.45, 7) is 0.645. The van der Waals surface area contributed by atoms with E-state index in [-0.39, 0.29) is 11.6 Å². The highest BCUT2D eigenvalue weighted by Gasteiger charge is 2.12. The average molecular weight is 410 g/mol. The molecule has 4 rings (SSSR count). The molecule has 0 radical (unpaired) electrons. The number of nitrogens with zero attached hydrogens (tertiary/aromatic N) is 2. The quantitative estimate of drug-likeness (QED) is 0.415. The van der Waals surface area contributed by atoms with E-state index < -0.39 is 0 Å². The smallest absolute Gasteiger partial charge is 0.144 e. The average Bonchev–Trinajstić information content (AvgIpc) is 3.15. The van der Waals surface area contributed by atoms with Crippen LogP contribution in [0.25, 0.3) is 17.1 Å². The van der Waals surface area contributed by atoms with Gasteiger partial charge in [-0.05, 0) is 72.8 Å². The van der Waals surface area contributed by atoms with Gasteiger partial charge in [-0.3, -0.25) is 4.57 Å². The second-order valence-electron chi connectivity index (χ2n) is 6.59. The summed E-state index contributed by atoms with van der Waals surface area (Å²) in [5.41, 5.74) is 3.47. The van der Waals surface area contributed by atoms with Gasteiger partial charge in [-0.2, -0.15) is 0 Å². The summed E-state index contributed by atoms with van der Waals surface area (Å²) in [6, 6.07) is 20.0. The Morgan fingerprint density at radius 3 is 2.10 bits per heavy atom. The largest absolute Gasteiger partial charge is 0.385 e. The second-order valence-corrected chi connectivity index (χ2v) is 7.03. The number of nitrogens with one attached hydrogen (secondary N) is 1. The summed E-state index contributed by atoms with van der Waals surface area (Å²) < 4.78 is 28.3. The van der Waals surface area contributed by atoms with Crippen LogP contribution in [0, 0.1) is 11.6 Å². The van der Waals surface area contributed by atoms with Gasteiger partial charge in [0.15, 0.2) is 0 Å². The Kier molecular flexibility index (Phi) is 5.58. The number of hydrogen-bond acceptors (Lipinski definition) is 2. The Morgan fingerprint density at radius 1 is 0.828 bits per heavy atom. The van der Waals surface area contributed by atoms with Crippen molar-refractivity contribution in [2.24, 2.45) is 0 Å². The van der Waals surface area contributed by atoms with E-state index in [0.717, 1.165) is 28.5 Å². The van der Waals surface area contributed by atoms with Crippen LogP contribution < -0.4 is 5.32 Å². The third kappa shape index (κ3) is 4.63. The number of benzene rings is 3. The molecule has 0 aliphatic rings. The molecule has 146 valence electrons. The maximum atomic E-state index is 13.4. The molecule has 0 spiro atoms. The molecule has 0 unspecified atom stereocenters. The molecule has 4 aromatic rings. The van der Waals surface area contributed by atoms with Gasteiger partial charge in [-0.1, -0.05) is 11.6 Å². The summed E-state index contributed by atoms with van der Waals surface area (Å²) in [5, 5.41) is 3.91. The molecule has 29 heavy (non-hydrogen) atoms. The highest BCUT2D eigenvalue weighted by atomic mass is 35.5. The van der Waals surface area contributed by atoms with Crippen molar-refractivity contribution in [3.8, 4) is 17.1 Å². The number of imidazole rings is 1. The minimum atomic E-state index is -0.290. The van der Waals surface area contributed by atoms with Crippen molar-refractivity contribution in [3.05, 3.63) is 101 Å². The number of anilines is 1. The van der Waals surface area contributed by atoms with Gasteiger partial charge in [0.1, 0.15) is 17.5 Å². The molecule has 3 nitrogen and oxygen atoms in total. The van der Waals surface area contributed by atoms with Crippen molar-refractivity contribution in [3.63, 3.8) is 0 Å². The predicted octanol–water partition coefficient (Wildman–Crippen LogP) is 6.13. The molecule has 1 N–H and O–H groups in total. The Labute approximate surface area is 172 Å². The summed E-state index contributed by atoms with van der Waals surface area (Å²) in [4.78, 5) is 4.76. The van der Waals surface area contributed by atoms with Gasteiger partial charge in [0.25, 0.3) is 0 Å². The van der Waals surface area contributed by atoms with Crippen molar-refractivity contribution in [2.75, 3.05) is 11.9 Å². The molecule has 3 aromatic carbocycles. The first-order chi connectivity index (χ1) is 14.1. The number of halogens is 3. The summed E-state index contributed by atoms with van der Waals surface area (Å²) in [7, 11) is 0. The van der Waals surface area contributed by atoms with Crippen molar-refractivity contribution in [2.45, 2.75) is 6.42 Å². The van der Waals surface area contributed by atoms with E-state index >= 15 is 0 Å². The van der Waals surface area contributed by atoms with Gasteiger partial charge in [0.2, 0.25) is 0 Å². The summed E-state index contributed by atoms with van der Waals surface area (Å²) >= 11 is 6.02. The molecule has 6 heteroatoms. The van der Waals surface area contributed by atoms with Crippen LogP contribution in [0.4, 0.5) is 14.5 Å². The van der Waals surface area contributed by atoms with E-state index in [1.54, 1.807) is 24.3 Å². The zero-order chi connectivity index (χ0) is 20.2. The summed E-state index contributed by atoms with van der Waals surface area (Å²) in [6.07, 6.45) is 2.64. The standard InChI is InChI=1S/C23H18ClF2N3/c24-17-3-11-22(12-4-17)29-15-21(13-14-27-20-9-7-19(26)8-10-20)28-23(29)16-1-5-18(25)6-2-16/h1-12,15,27H,13-14H2. The van der Waals surface area contributed by atoms with Gasteiger partial charge >= 0.3 is 0 Å². The van der Waals surface area contributed by atoms with E-state index in [2.05, 4.69) is 5.32 Å². The van der Waals surface area contributed by atoms with Crippen LogP contribution in [0.2, 0.25) is 5.02 Å². The molecule has 0 amide bonds. The maximum Gasteiger partial charge on any atom is 0.144 e. The zero-order valence-electron chi connectivity index (χ0n) is 15.4. The van der Waals surface area contributed by atoms with Crippen molar-refractivity contribution < 1.29 is 8.78 Å². The molecule has 0 aliphatic carbocycles. The van der Waals surface area contributed by atoms with Gasteiger partial charge < -0.3 is 5.32 Å². The fourth-order valence-electron chi connectivity index (χ4n) is 3.05. The highest BCUT2D eigenvalue weighted by Crippen LogP contribution is 2.24. The van der Waals surface area contributed by atoms with Crippen LogP contribution in [0.3, 0.4) is 0 Å². The fraction of sp³-hybridized carbons (Fsp3) is 0.0870. The van der Waals surface area contributed by atoms with Crippen molar-refractivity contribution in [1.82, 2.24) is 9.55 Å². The topological polar surface area (TPSA) is 29.9 Å². The van der Waals surface area contributed by atoms with Crippen LogP contribution in [-0.4, -0.2) is 16.1 Å². The summed E-state index contributed by atoms with van der Waals surface area (Å²) in [5.74, 6) is 0.173. The molecule has 0 saturated carbocycles. The molecule has 1 aromatic heterocycles. The van der Waals surface area contributed by atoms with Gasteiger partial charge in [-0.15, -0.1) is 0 Å². The third-order valence-corrected chi connectivity index (χ3v) is 4.77. The van der Waals surface area contributed by atoms with E-state index in [1.165, 1.54) is 24.3 Å². The second kappa shape index (κ2) is 8.45. The van der Waals surface area contributed by atoms with Gasteiger partial charge in [-0.25, -0.2) is 13.8 Å². The molecule has 0 aliphatic heterocycles. The lowest BCUT2D eigenvalue weighted by Crippen LogP contribution is -2.05. The lowest BCUT2D eigenvalue weighted by atomic mass is 10.2. The molecule has 0 fully saturated rings. The Morgan fingerprint density at radius 2 is 1.45 bits per heavy atom. The van der Waals surface area contributed by atoms with E-state index in [1.807, 2.05) is 35.0 Å². The molecule has 0 bridgehead atoms. The SMILES string of the molecule is Fc1ccc(NCCc2cn(-c3ccc(Cl)cc3)c(-c3ccc(F)cc3)n2)cc1. The molecule has 1 heterocycles. The number of aromatic nitrogens is 2. The Balaban J connectivity index is 1.59. The molecular formula is C23H18ClF2N3. The predicted molar refractivity (Wildman–Crippen MR) is 113 cm³/mol. The minimum Gasteiger partial charge on any atom is -0.385 e. The van der Waals surface area contributed by atoms with Crippen LogP contribution in [0.1, 0.15) is 5.69 Å². The van der Waals surface area contributed by atoms with Crippen LogP contribution in [-0.2, 0) is 6.42 Å². The first kappa shape index (κ1) is 19.2. The van der Waals surface area contributed by atoms with Crippen LogP contribution >= 0.6 is 11.6 Å². The fourth-order valence-corrected chi connectivity index (χ4v) is 3.18. The van der Waals surface area contributed by atoms with Crippen LogP contribution in [0.5, 0.6) is 0 Å². The lowest BCUT2D eigenvalue weighted by molar-refractivity contribution is 0.627. The molecular weight excluding hydrogens is 392 g/mol. The minimum absolute atomic E-state index is 0.263. The molecule has 0 atom stereocenters. The van der Waals surface area contributed by atoms with Gasteiger partial charge in [0.05, 0.1) is 5.69 Å². The zero-order valence-corrected chi connectivity index (χ0v) is 16.2. The molecule has 0 saturated heterocycles. The maximum absolute atomic E-state index is 13.4. The Hall–Kier alpha value is -3.18. The van der Waals surface area contributed by atoms with Crippen molar-refractivity contribution in [1.29, 1.82) is 0 Å².